The Morgan fingerprint density at radius 2 is 1.94 bits per heavy atom. The molecule has 98 valence electrons. The van der Waals surface area contributed by atoms with Gasteiger partial charge in [-0.3, -0.25) is 4.79 Å². The molecule has 1 aromatic rings. The second kappa shape index (κ2) is 4.73. The highest BCUT2D eigenvalue weighted by Crippen LogP contribution is 2.28. The minimum absolute atomic E-state index is 0.00138. The van der Waals surface area contributed by atoms with Crippen LogP contribution in [0.2, 0.25) is 0 Å². The van der Waals surface area contributed by atoms with Gasteiger partial charge in [-0.2, -0.15) is 0 Å². The van der Waals surface area contributed by atoms with E-state index in [0.29, 0.717) is 0 Å². The fourth-order valence-electron chi connectivity index (χ4n) is 2.43. The molecule has 0 saturated carbocycles. The van der Waals surface area contributed by atoms with Crippen LogP contribution in [0.4, 0.5) is 0 Å². The van der Waals surface area contributed by atoms with Crippen molar-refractivity contribution in [3.05, 3.63) is 35.4 Å². The molecule has 1 aromatic carbocycles. The van der Waals surface area contributed by atoms with Crippen molar-refractivity contribution in [2.75, 3.05) is 13.1 Å². The number of carbonyl (C=O) groups is 1. The maximum atomic E-state index is 12.4. The Kier molecular flexibility index (Phi) is 3.44. The molecule has 3 heteroatoms. The normalized spacial score (nSPS) is 22.9. The Bertz CT molecular complexity index is 436. The van der Waals surface area contributed by atoms with Gasteiger partial charge in [0.15, 0.2) is 0 Å². The Morgan fingerprint density at radius 3 is 2.50 bits per heavy atom. The van der Waals surface area contributed by atoms with Gasteiger partial charge in [0.25, 0.3) is 5.91 Å². The SMILES string of the molecule is Cc1ccc(C(=O)N2CCC(N)C(C)(C)C2)cc1. The molecule has 0 bridgehead atoms. The molecule has 1 aliphatic heterocycles. The van der Waals surface area contributed by atoms with Gasteiger partial charge < -0.3 is 10.6 Å². The summed E-state index contributed by atoms with van der Waals surface area (Å²) in [7, 11) is 0. The van der Waals surface area contributed by atoms with Crippen molar-refractivity contribution < 1.29 is 4.79 Å². The summed E-state index contributed by atoms with van der Waals surface area (Å²) in [5.74, 6) is 0.120. The van der Waals surface area contributed by atoms with Gasteiger partial charge in [0.1, 0.15) is 0 Å². The molecule has 0 aromatic heterocycles. The Labute approximate surface area is 109 Å². The van der Waals surface area contributed by atoms with Gasteiger partial charge in [0.2, 0.25) is 0 Å². The second-order valence-corrected chi connectivity index (χ2v) is 5.98. The van der Waals surface area contributed by atoms with Crippen molar-refractivity contribution in [2.45, 2.75) is 33.2 Å². The monoisotopic (exact) mass is 246 g/mol. The van der Waals surface area contributed by atoms with Gasteiger partial charge in [-0.05, 0) is 30.9 Å². The van der Waals surface area contributed by atoms with Gasteiger partial charge in [-0.25, -0.2) is 0 Å². The quantitative estimate of drug-likeness (QED) is 0.825. The summed E-state index contributed by atoms with van der Waals surface area (Å²) in [6, 6.07) is 7.94. The fraction of sp³-hybridized carbons (Fsp3) is 0.533. The van der Waals surface area contributed by atoms with E-state index in [9.17, 15) is 4.79 Å². The van der Waals surface area contributed by atoms with Crippen LogP contribution in [0.3, 0.4) is 0 Å². The molecule has 0 spiro atoms. The number of hydrogen-bond donors (Lipinski definition) is 1. The van der Waals surface area contributed by atoms with E-state index in [1.165, 1.54) is 5.56 Å². The number of rotatable bonds is 1. The highest BCUT2D eigenvalue weighted by Gasteiger charge is 2.35. The molecule has 2 N–H and O–H groups in total. The molecule has 2 rings (SSSR count). The van der Waals surface area contributed by atoms with Crippen LogP contribution in [0.1, 0.15) is 36.2 Å². The van der Waals surface area contributed by atoms with Gasteiger partial charge in [-0.15, -0.1) is 0 Å². The number of piperidine rings is 1. The van der Waals surface area contributed by atoms with Gasteiger partial charge in [0.05, 0.1) is 0 Å². The minimum Gasteiger partial charge on any atom is -0.338 e. The van der Waals surface area contributed by atoms with E-state index in [-0.39, 0.29) is 17.4 Å². The van der Waals surface area contributed by atoms with Crippen LogP contribution < -0.4 is 5.73 Å². The summed E-state index contributed by atoms with van der Waals surface area (Å²) in [6.07, 6.45) is 0.880. The standard InChI is InChI=1S/C15H22N2O/c1-11-4-6-12(7-5-11)14(18)17-9-8-13(16)15(2,3)10-17/h4-7,13H,8-10,16H2,1-3H3. The lowest BCUT2D eigenvalue weighted by Gasteiger charge is -2.42. The van der Waals surface area contributed by atoms with Crippen molar-refractivity contribution in [2.24, 2.45) is 11.1 Å². The zero-order valence-electron chi connectivity index (χ0n) is 11.4. The van der Waals surface area contributed by atoms with Gasteiger partial charge >= 0.3 is 0 Å². The lowest BCUT2D eigenvalue weighted by atomic mass is 9.79. The topological polar surface area (TPSA) is 46.3 Å². The third-order valence-electron chi connectivity index (χ3n) is 3.90. The average molecular weight is 246 g/mol. The van der Waals surface area contributed by atoms with E-state index in [0.717, 1.165) is 25.1 Å². The number of hydrogen-bond acceptors (Lipinski definition) is 2. The molecule has 1 aliphatic rings. The Hall–Kier alpha value is -1.35. The first-order chi connectivity index (χ1) is 8.40. The van der Waals surface area contributed by atoms with Crippen LogP contribution in [-0.2, 0) is 0 Å². The lowest BCUT2D eigenvalue weighted by molar-refractivity contribution is 0.0533. The van der Waals surface area contributed by atoms with Crippen LogP contribution in [0.15, 0.2) is 24.3 Å². The summed E-state index contributed by atoms with van der Waals surface area (Å²) in [6.45, 7) is 7.79. The molecular weight excluding hydrogens is 224 g/mol. The predicted octanol–water partition coefficient (Wildman–Crippen LogP) is 2.19. The van der Waals surface area contributed by atoms with Crippen molar-refractivity contribution in [3.8, 4) is 0 Å². The predicted molar refractivity (Wildman–Crippen MR) is 73.5 cm³/mol. The van der Waals surface area contributed by atoms with E-state index < -0.39 is 0 Å². The second-order valence-electron chi connectivity index (χ2n) is 5.98. The van der Waals surface area contributed by atoms with Crippen LogP contribution in [0.25, 0.3) is 0 Å². The molecular formula is C15H22N2O. The third kappa shape index (κ3) is 2.56. The van der Waals surface area contributed by atoms with Crippen molar-refractivity contribution >= 4 is 5.91 Å². The first-order valence-electron chi connectivity index (χ1n) is 6.52. The highest BCUT2D eigenvalue weighted by atomic mass is 16.2. The summed E-state index contributed by atoms with van der Waals surface area (Å²) in [5, 5.41) is 0. The van der Waals surface area contributed by atoms with Crippen molar-refractivity contribution in [1.29, 1.82) is 0 Å². The number of nitrogens with two attached hydrogens (primary N) is 1. The third-order valence-corrected chi connectivity index (χ3v) is 3.90. The number of carbonyl (C=O) groups excluding carboxylic acids is 1. The minimum atomic E-state index is -0.00138. The summed E-state index contributed by atoms with van der Waals surface area (Å²) >= 11 is 0. The first-order valence-corrected chi connectivity index (χ1v) is 6.52. The molecule has 0 aliphatic carbocycles. The summed E-state index contributed by atoms with van der Waals surface area (Å²) in [5.41, 5.74) is 8.04. The van der Waals surface area contributed by atoms with Crippen LogP contribution >= 0.6 is 0 Å². The molecule has 3 nitrogen and oxygen atoms in total. The van der Waals surface area contributed by atoms with Crippen LogP contribution in [0, 0.1) is 12.3 Å². The zero-order chi connectivity index (χ0) is 13.3. The Morgan fingerprint density at radius 1 is 1.33 bits per heavy atom. The molecule has 1 unspecified atom stereocenters. The molecule has 1 fully saturated rings. The molecule has 1 heterocycles. The summed E-state index contributed by atoms with van der Waals surface area (Å²) in [4.78, 5) is 14.3. The average Bonchev–Trinajstić information content (AvgIpc) is 2.33. The van der Waals surface area contributed by atoms with Gasteiger partial charge in [-0.1, -0.05) is 31.5 Å². The van der Waals surface area contributed by atoms with E-state index in [1.807, 2.05) is 36.1 Å². The van der Waals surface area contributed by atoms with Crippen LogP contribution in [-0.4, -0.2) is 29.9 Å². The van der Waals surface area contributed by atoms with E-state index in [2.05, 4.69) is 13.8 Å². The van der Waals surface area contributed by atoms with E-state index in [4.69, 9.17) is 5.73 Å². The molecule has 18 heavy (non-hydrogen) atoms. The Balaban J connectivity index is 2.13. The fourth-order valence-corrected chi connectivity index (χ4v) is 2.43. The molecule has 1 amide bonds. The first kappa shape index (κ1) is 13.1. The maximum Gasteiger partial charge on any atom is 0.253 e. The number of nitrogens with zero attached hydrogens (tertiary/aromatic N) is 1. The molecule has 0 radical (unpaired) electrons. The van der Waals surface area contributed by atoms with Crippen LogP contribution in [0.5, 0.6) is 0 Å². The summed E-state index contributed by atoms with van der Waals surface area (Å²) < 4.78 is 0. The van der Waals surface area contributed by atoms with E-state index in [1.54, 1.807) is 0 Å². The number of likely N-dealkylation sites (tertiary alicyclic amines) is 1. The van der Waals surface area contributed by atoms with E-state index >= 15 is 0 Å². The van der Waals surface area contributed by atoms with Gasteiger partial charge in [0, 0.05) is 24.7 Å². The largest absolute Gasteiger partial charge is 0.338 e. The van der Waals surface area contributed by atoms with Crippen molar-refractivity contribution in [3.63, 3.8) is 0 Å². The lowest BCUT2D eigenvalue weighted by Crippen LogP contribution is -2.53. The molecule has 1 atom stereocenters. The maximum absolute atomic E-state index is 12.4. The smallest absolute Gasteiger partial charge is 0.253 e. The number of aryl methyl sites for hydroxylation is 1. The highest BCUT2D eigenvalue weighted by molar-refractivity contribution is 5.94. The zero-order valence-corrected chi connectivity index (χ0v) is 11.4. The number of amides is 1. The number of benzene rings is 1. The van der Waals surface area contributed by atoms with Crippen molar-refractivity contribution in [1.82, 2.24) is 4.90 Å². The molecule has 1 saturated heterocycles.